The molecule has 0 saturated carbocycles. The van der Waals surface area contributed by atoms with Crippen molar-refractivity contribution in [1.29, 1.82) is 0 Å². The first-order valence-electron chi connectivity index (χ1n) is 10.4. The number of likely N-dealkylation sites (tertiary alicyclic amines) is 1. The summed E-state index contributed by atoms with van der Waals surface area (Å²) in [4.78, 5) is 15.5. The zero-order chi connectivity index (χ0) is 20.1. The standard InChI is InChI=1S/C23H33N3O2/c1-5-28-22(27)23(13-21-10-7-6-9-19(21)4)11-8-12-25(17-23)15-20-14-24-26(16-20)18(2)3/h6-7,9-10,14,16,18H,5,8,11-13,15,17H2,1-4H3/t23-/m0/s1. The molecule has 2 aromatic rings. The van der Waals surface area contributed by atoms with Crippen molar-refractivity contribution in [2.24, 2.45) is 5.41 Å². The number of hydrogen-bond donors (Lipinski definition) is 0. The van der Waals surface area contributed by atoms with Crippen molar-refractivity contribution < 1.29 is 9.53 Å². The highest BCUT2D eigenvalue weighted by molar-refractivity contribution is 5.78. The minimum atomic E-state index is -0.478. The summed E-state index contributed by atoms with van der Waals surface area (Å²) in [6, 6.07) is 8.73. The Balaban J connectivity index is 1.80. The Kier molecular flexibility index (Phi) is 6.55. The smallest absolute Gasteiger partial charge is 0.313 e. The molecule has 0 radical (unpaired) electrons. The van der Waals surface area contributed by atoms with E-state index in [0.29, 0.717) is 12.6 Å². The van der Waals surface area contributed by atoms with Crippen molar-refractivity contribution in [2.45, 2.75) is 59.5 Å². The molecule has 2 heterocycles. The zero-order valence-corrected chi connectivity index (χ0v) is 17.6. The van der Waals surface area contributed by atoms with Crippen molar-refractivity contribution in [3.63, 3.8) is 0 Å². The van der Waals surface area contributed by atoms with Gasteiger partial charge >= 0.3 is 5.97 Å². The summed E-state index contributed by atoms with van der Waals surface area (Å²) >= 11 is 0. The van der Waals surface area contributed by atoms with Crippen LogP contribution < -0.4 is 0 Å². The van der Waals surface area contributed by atoms with Crippen LogP contribution in [0.25, 0.3) is 0 Å². The molecule has 0 bridgehead atoms. The average molecular weight is 384 g/mol. The molecule has 0 spiro atoms. The molecule has 152 valence electrons. The molecule has 0 N–H and O–H groups in total. The van der Waals surface area contributed by atoms with E-state index in [2.05, 4.69) is 61.2 Å². The second-order valence-corrected chi connectivity index (χ2v) is 8.34. The highest BCUT2D eigenvalue weighted by Gasteiger charge is 2.43. The van der Waals surface area contributed by atoms with Crippen LogP contribution in [0, 0.1) is 12.3 Å². The van der Waals surface area contributed by atoms with E-state index in [4.69, 9.17) is 4.74 Å². The molecule has 5 heteroatoms. The van der Waals surface area contributed by atoms with Crippen LogP contribution in [0.2, 0.25) is 0 Å². The number of hydrogen-bond acceptors (Lipinski definition) is 4. The van der Waals surface area contributed by atoms with E-state index in [9.17, 15) is 4.79 Å². The summed E-state index contributed by atoms with van der Waals surface area (Å²) in [7, 11) is 0. The molecule has 1 atom stereocenters. The van der Waals surface area contributed by atoms with Gasteiger partial charge in [0.15, 0.2) is 0 Å². The van der Waals surface area contributed by atoms with E-state index in [1.54, 1.807) is 0 Å². The van der Waals surface area contributed by atoms with Gasteiger partial charge in [-0.1, -0.05) is 24.3 Å². The first-order valence-corrected chi connectivity index (χ1v) is 10.4. The number of benzene rings is 1. The lowest BCUT2D eigenvalue weighted by molar-refractivity contribution is -0.159. The van der Waals surface area contributed by atoms with Gasteiger partial charge in [0.2, 0.25) is 0 Å². The molecule has 3 rings (SSSR count). The first-order chi connectivity index (χ1) is 13.4. The summed E-state index contributed by atoms with van der Waals surface area (Å²) in [5, 5.41) is 4.46. The number of aryl methyl sites for hydroxylation is 1. The number of aromatic nitrogens is 2. The molecule has 0 amide bonds. The largest absolute Gasteiger partial charge is 0.466 e. The van der Waals surface area contributed by atoms with Gasteiger partial charge in [-0.25, -0.2) is 0 Å². The number of piperidine rings is 1. The molecular formula is C23H33N3O2. The van der Waals surface area contributed by atoms with E-state index >= 15 is 0 Å². The Labute approximate surface area is 168 Å². The summed E-state index contributed by atoms with van der Waals surface area (Å²) in [6.45, 7) is 11.2. The van der Waals surface area contributed by atoms with Gasteiger partial charge in [0.05, 0.1) is 18.2 Å². The van der Waals surface area contributed by atoms with Gasteiger partial charge in [-0.05, 0) is 64.6 Å². The lowest BCUT2D eigenvalue weighted by atomic mass is 9.74. The van der Waals surface area contributed by atoms with Crippen LogP contribution in [0.3, 0.4) is 0 Å². The molecule has 1 aromatic carbocycles. The third kappa shape index (κ3) is 4.64. The fourth-order valence-corrected chi connectivity index (χ4v) is 4.20. The molecule has 28 heavy (non-hydrogen) atoms. The van der Waals surface area contributed by atoms with Crippen molar-refractivity contribution in [3.8, 4) is 0 Å². The molecule has 1 aromatic heterocycles. The second-order valence-electron chi connectivity index (χ2n) is 8.34. The average Bonchev–Trinajstić information content (AvgIpc) is 3.13. The number of ether oxygens (including phenoxy) is 1. The predicted molar refractivity (Wildman–Crippen MR) is 111 cm³/mol. The fourth-order valence-electron chi connectivity index (χ4n) is 4.20. The zero-order valence-electron chi connectivity index (χ0n) is 17.6. The third-order valence-corrected chi connectivity index (χ3v) is 5.74. The van der Waals surface area contributed by atoms with Crippen molar-refractivity contribution in [2.75, 3.05) is 19.7 Å². The molecule has 0 unspecified atom stereocenters. The maximum atomic E-state index is 13.1. The SMILES string of the molecule is CCOC(=O)[C@]1(Cc2ccccc2C)CCCN(Cc2cnn(C(C)C)c2)C1. The number of esters is 1. The lowest BCUT2D eigenvalue weighted by Crippen LogP contribution is -2.49. The molecule has 1 aliphatic heterocycles. The molecule has 1 fully saturated rings. The van der Waals surface area contributed by atoms with Crippen molar-refractivity contribution in [1.82, 2.24) is 14.7 Å². The second kappa shape index (κ2) is 8.91. The minimum Gasteiger partial charge on any atom is -0.466 e. The van der Waals surface area contributed by atoms with Crippen LogP contribution >= 0.6 is 0 Å². The molecule has 1 aliphatic rings. The predicted octanol–water partition coefficient (Wildman–Crippen LogP) is 4.16. The van der Waals surface area contributed by atoms with E-state index in [1.807, 2.05) is 17.8 Å². The van der Waals surface area contributed by atoms with Gasteiger partial charge < -0.3 is 4.74 Å². The maximum absolute atomic E-state index is 13.1. The monoisotopic (exact) mass is 383 g/mol. The van der Waals surface area contributed by atoms with E-state index in [0.717, 1.165) is 38.9 Å². The Bertz CT molecular complexity index is 799. The summed E-state index contributed by atoms with van der Waals surface area (Å²) in [5.41, 5.74) is 3.20. The topological polar surface area (TPSA) is 47.4 Å². The normalized spacial score (nSPS) is 20.5. The Morgan fingerprint density at radius 2 is 2.11 bits per heavy atom. The quantitative estimate of drug-likeness (QED) is 0.674. The van der Waals surface area contributed by atoms with Crippen LogP contribution in [0.4, 0.5) is 0 Å². The lowest BCUT2D eigenvalue weighted by Gasteiger charge is -2.41. The molecule has 5 nitrogen and oxygen atoms in total. The van der Waals surface area contributed by atoms with Gasteiger partial charge in [0, 0.05) is 30.9 Å². The Morgan fingerprint density at radius 1 is 1.32 bits per heavy atom. The molecule has 1 saturated heterocycles. The van der Waals surface area contributed by atoms with Gasteiger partial charge in [0.25, 0.3) is 0 Å². The van der Waals surface area contributed by atoms with Gasteiger partial charge in [0.1, 0.15) is 0 Å². The van der Waals surface area contributed by atoms with Crippen LogP contribution in [0.5, 0.6) is 0 Å². The fraction of sp³-hybridized carbons (Fsp3) is 0.565. The van der Waals surface area contributed by atoms with E-state index < -0.39 is 5.41 Å². The molecule has 0 aliphatic carbocycles. The number of carbonyl (C=O) groups excluding carboxylic acids is 1. The van der Waals surface area contributed by atoms with Gasteiger partial charge in [-0.2, -0.15) is 5.10 Å². The highest BCUT2D eigenvalue weighted by atomic mass is 16.5. The summed E-state index contributed by atoms with van der Waals surface area (Å²) < 4.78 is 7.54. The maximum Gasteiger partial charge on any atom is 0.313 e. The van der Waals surface area contributed by atoms with Crippen molar-refractivity contribution in [3.05, 3.63) is 53.3 Å². The Morgan fingerprint density at radius 3 is 2.79 bits per heavy atom. The summed E-state index contributed by atoms with van der Waals surface area (Å²) in [5.74, 6) is -0.0548. The first kappa shape index (κ1) is 20.6. The van der Waals surface area contributed by atoms with Crippen LogP contribution in [0.1, 0.15) is 56.3 Å². The van der Waals surface area contributed by atoms with E-state index in [1.165, 1.54) is 16.7 Å². The number of nitrogens with zero attached hydrogens (tertiary/aromatic N) is 3. The van der Waals surface area contributed by atoms with Gasteiger partial charge in [-0.15, -0.1) is 0 Å². The summed E-state index contributed by atoms with van der Waals surface area (Å²) in [6.07, 6.45) is 6.68. The minimum absolute atomic E-state index is 0.0548. The van der Waals surface area contributed by atoms with Crippen LogP contribution in [-0.2, 0) is 22.5 Å². The molecular weight excluding hydrogens is 350 g/mol. The number of rotatable bonds is 7. The van der Waals surface area contributed by atoms with Crippen molar-refractivity contribution >= 4 is 5.97 Å². The van der Waals surface area contributed by atoms with Crippen LogP contribution in [0.15, 0.2) is 36.7 Å². The van der Waals surface area contributed by atoms with E-state index in [-0.39, 0.29) is 5.97 Å². The van der Waals surface area contributed by atoms with Crippen LogP contribution in [-0.4, -0.2) is 40.3 Å². The number of carbonyl (C=O) groups is 1. The third-order valence-electron chi connectivity index (χ3n) is 5.74. The Hall–Kier alpha value is -2.14. The van der Waals surface area contributed by atoms with Gasteiger partial charge in [-0.3, -0.25) is 14.4 Å². The highest BCUT2D eigenvalue weighted by Crippen LogP contribution is 2.36.